The van der Waals surface area contributed by atoms with Crippen LogP contribution in [0.4, 0.5) is 4.79 Å². The lowest BCUT2D eigenvalue weighted by Gasteiger charge is -2.20. The first-order valence-electron chi connectivity index (χ1n) is 5.80. The van der Waals surface area contributed by atoms with E-state index in [2.05, 4.69) is 10.3 Å². The van der Waals surface area contributed by atoms with Crippen molar-refractivity contribution in [1.29, 1.82) is 0 Å². The number of oxazole rings is 1. The van der Waals surface area contributed by atoms with Gasteiger partial charge in [-0.3, -0.25) is 0 Å². The molecule has 19 heavy (non-hydrogen) atoms. The van der Waals surface area contributed by atoms with Gasteiger partial charge < -0.3 is 19.6 Å². The Morgan fingerprint density at radius 3 is 2.42 bits per heavy atom. The molecule has 1 atom stereocenters. The van der Waals surface area contributed by atoms with Gasteiger partial charge in [0.2, 0.25) is 5.89 Å². The van der Waals surface area contributed by atoms with Crippen molar-refractivity contribution in [3.63, 3.8) is 0 Å². The molecule has 0 aliphatic heterocycles. The molecule has 106 valence electrons. The highest BCUT2D eigenvalue weighted by Gasteiger charge is 2.23. The number of carboxylic acids is 1. The van der Waals surface area contributed by atoms with Crippen LogP contribution in [0.3, 0.4) is 0 Å². The zero-order valence-electron chi connectivity index (χ0n) is 11.6. The Balaban J connectivity index is 2.73. The van der Waals surface area contributed by atoms with Crippen LogP contribution in [0.25, 0.3) is 0 Å². The number of aryl methyl sites for hydroxylation is 1. The third-order valence-electron chi connectivity index (χ3n) is 2.12. The topological polar surface area (TPSA) is 102 Å². The molecule has 0 radical (unpaired) electrons. The molecule has 0 saturated carbocycles. The van der Waals surface area contributed by atoms with Crippen molar-refractivity contribution >= 4 is 12.1 Å². The molecule has 0 fully saturated rings. The van der Waals surface area contributed by atoms with Gasteiger partial charge in [-0.05, 0) is 34.6 Å². The molecule has 1 rings (SSSR count). The number of ether oxygens (including phenoxy) is 1. The second-order valence-corrected chi connectivity index (χ2v) is 5.13. The van der Waals surface area contributed by atoms with Gasteiger partial charge in [0.15, 0.2) is 5.69 Å². The minimum absolute atomic E-state index is 0.126. The van der Waals surface area contributed by atoms with Crippen LogP contribution in [0.5, 0.6) is 0 Å². The molecule has 1 unspecified atom stereocenters. The van der Waals surface area contributed by atoms with Crippen molar-refractivity contribution in [2.45, 2.75) is 46.3 Å². The molecule has 0 saturated heterocycles. The van der Waals surface area contributed by atoms with E-state index in [9.17, 15) is 9.59 Å². The Hall–Kier alpha value is -2.05. The smallest absolute Gasteiger partial charge is 0.408 e. The summed E-state index contributed by atoms with van der Waals surface area (Å²) in [6.07, 6.45) is -0.618. The molecule has 7 heteroatoms. The number of hydrogen-bond acceptors (Lipinski definition) is 5. The SMILES string of the molecule is Cc1oc(C(C)NC(=O)OC(C)(C)C)nc1C(=O)O. The van der Waals surface area contributed by atoms with Gasteiger partial charge in [0.05, 0.1) is 0 Å². The summed E-state index contributed by atoms with van der Waals surface area (Å²) in [5.74, 6) is -0.849. The average molecular weight is 270 g/mol. The van der Waals surface area contributed by atoms with Crippen molar-refractivity contribution in [1.82, 2.24) is 10.3 Å². The number of hydrogen-bond donors (Lipinski definition) is 2. The van der Waals surface area contributed by atoms with E-state index >= 15 is 0 Å². The molecule has 1 heterocycles. The number of carbonyl (C=O) groups is 2. The van der Waals surface area contributed by atoms with Crippen LogP contribution in [0, 0.1) is 6.92 Å². The van der Waals surface area contributed by atoms with Crippen molar-refractivity contribution in [2.75, 3.05) is 0 Å². The first kappa shape index (κ1) is 15.0. The third kappa shape index (κ3) is 4.27. The fraction of sp³-hybridized carbons (Fsp3) is 0.583. The number of aromatic nitrogens is 1. The first-order chi connectivity index (χ1) is 8.60. The van der Waals surface area contributed by atoms with Crippen LogP contribution in [0.15, 0.2) is 4.42 Å². The number of amides is 1. The molecule has 2 N–H and O–H groups in total. The van der Waals surface area contributed by atoms with E-state index in [0.29, 0.717) is 0 Å². The van der Waals surface area contributed by atoms with Crippen LogP contribution in [-0.2, 0) is 4.74 Å². The van der Waals surface area contributed by atoms with Gasteiger partial charge in [-0.2, -0.15) is 0 Å². The number of aromatic carboxylic acids is 1. The highest BCUT2D eigenvalue weighted by molar-refractivity contribution is 5.86. The number of carbonyl (C=O) groups excluding carboxylic acids is 1. The normalized spacial score (nSPS) is 12.9. The number of nitrogens with zero attached hydrogens (tertiary/aromatic N) is 1. The van der Waals surface area contributed by atoms with Gasteiger partial charge in [-0.1, -0.05) is 0 Å². The summed E-state index contributed by atoms with van der Waals surface area (Å²) in [5, 5.41) is 11.4. The molecule has 0 aromatic carbocycles. The summed E-state index contributed by atoms with van der Waals surface area (Å²) in [6.45, 7) is 8.36. The van der Waals surface area contributed by atoms with Crippen LogP contribution < -0.4 is 5.32 Å². The number of nitrogens with one attached hydrogen (secondary N) is 1. The summed E-state index contributed by atoms with van der Waals surface area (Å²) in [4.78, 5) is 26.2. The molecule has 1 amide bonds. The van der Waals surface area contributed by atoms with Crippen LogP contribution >= 0.6 is 0 Å². The molecule has 1 aromatic rings. The Kier molecular flexibility index (Phi) is 4.18. The first-order valence-corrected chi connectivity index (χ1v) is 5.80. The summed E-state index contributed by atoms with van der Waals surface area (Å²) < 4.78 is 10.3. The van der Waals surface area contributed by atoms with E-state index in [1.807, 2.05) is 0 Å². The third-order valence-corrected chi connectivity index (χ3v) is 2.12. The summed E-state index contributed by atoms with van der Waals surface area (Å²) in [6, 6.07) is -0.582. The van der Waals surface area contributed by atoms with Crippen LogP contribution in [-0.4, -0.2) is 27.8 Å². The highest BCUT2D eigenvalue weighted by atomic mass is 16.6. The van der Waals surface area contributed by atoms with Gasteiger partial charge in [-0.15, -0.1) is 0 Å². The maximum Gasteiger partial charge on any atom is 0.408 e. The Bertz CT molecular complexity index is 487. The maximum atomic E-state index is 11.5. The fourth-order valence-electron chi connectivity index (χ4n) is 1.35. The van der Waals surface area contributed by atoms with Gasteiger partial charge in [0, 0.05) is 0 Å². The zero-order chi connectivity index (χ0) is 14.8. The summed E-state index contributed by atoms with van der Waals surface area (Å²) in [7, 11) is 0. The lowest BCUT2D eigenvalue weighted by Crippen LogP contribution is -2.34. The molecule has 1 aromatic heterocycles. The van der Waals surface area contributed by atoms with Crippen molar-refractivity contribution in [3.05, 3.63) is 17.3 Å². The predicted octanol–water partition coefficient (Wildman–Crippen LogP) is 2.27. The molecular weight excluding hydrogens is 252 g/mol. The van der Waals surface area contributed by atoms with E-state index in [1.165, 1.54) is 6.92 Å². The van der Waals surface area contributed by atoms with E-state index < -0.39 is 23.7 Å². The van der Waals surface area contributed by atoms with Crippen molar-refractivity contribution < 1.29 is 23.8 Å². The van der Waals surface area contributed by atoms with Gasteiger partial charge in [-0.25, -0.2) is 14.6 Å². The Labute approximate surface area is 111 Å². The lowest BCUT2D eigenvalue weighted by molar-refractivity contribution is 0.0500. The Morgan fingerprint density at radius 1 is 1.42 bits per heavy atom. The lowest BCUT2D eigenvalue weighted by atomic mass is 10.2. The number of alkyl carbamates (subject to hydrolysis) is 1. The average Bonchev–Trinajstić information content (AvgIpc) is 2.57. The van der Waals surface area contributed by atoms with Crippen molar-refractivity contribution in [2.24, 2.45) is 0 Å². The monoisotopic (exact) mass is 270 g/mol. The molecule has 7 nitrogen and oxygen atoms in total. The van der Waals surface area contributed by atoms with E-state index in [0.717, 1.165) is 0 Å². The molecule has 0 bridgehead atoms. The molecular formula is C12H18N2O5. The molecule has 0 aliphatic rings. The fourth-order valence-corrected chi connectivity index (χ4v) is 1.35. The second-order valence-electron chi connectivity index (χ2n) is 5.13. The van der Waals surface area contributed by atoms with E-state index in [4.69, 9.17) is 14.3 Å². The largest absolute Gasteiger partial charge is 0.476 e. The molecule has 0 aliphatic carbocycles. The predicted molar refractivity (Wildman–Crippen MR) is 66.0 cm³/mol. The number of rotatable bonds is 3. The quantitative estimate of drug-likeness (QED) is 0.873. The summed E-state index contributed by atoms with van der Waals surface area (Å²) >= 11 is 0. The van der Waals surface area contributed by atoms with E-state index in [-0.39, 0.29) is 17.3 Å². The summed E-state index contributed by atoms with van der Waals surface area (Å²) in [5.41, 5.74) is -0.768. The minimum atomic E-state index is -1.17. The van der Waals surface area contributed by atoms with Gasteiger partial charge >= 0.3 is 12.1 Å². The maximum absolute atomic E-state index is 11.5. The Morgan fingerprint density at radius 2 is 2.00 bits per heavy atom. The van der Waals surface area contributed by atoms with Crippen LogP contribution in [0.2, 0.25) is 0 Å². The molecule has 0 spiro atoms. The zero-order valence-corrected chi connectivity index (χ0v) is 11.6. The van der Waals surface area contributed by atoms with Crippen LogP contribution in [0.1, 0.15) is 55.9 Å². The number of carboxylic acid groups (broad SMARTS) is 1. The standard InChI is InChI=1S/C12H18N2O5/c1-6(13-11(17)19-12(3,4)5)9-14-8(10(15)16)7(2)18-9/h6H,1-5H3,(H,13,17)(H,15,16). The highest BCUT2D eigenvalue weighted by Crippen LogP contribution is 2.17. The van der Waals surface area contributed by atoms with E-state index in [1.54, 1.807) is 27.7 Å². The van der Waals surface area contributed by atoms with Gasteiger partial charge in [0.25, 0.3) is 0 Å². The minimum Gasteiger partial charge on any atom is -0.476 e. The van der Waals surface area contributed by atoms with Crippen molar-refractivity contribution in [3.8, 4) is 0 Å². The van der Waals surface area contributed by atoms with Gasteiger partial charge in [0.1, 0.15) is 17.4 Å². The second kappa shape index (κ2) is 5.29.